The van der Waals surface area contributed by atoms with Gasteiger partial charge in [-0.3, -0.25) is 4.79 Å². The maximum Gasteiger partial charge on any atom is 0.180 e. The molecule has 15 atom stereocenters. The topological polar surface area (TPSA) is 303 Å². The van der Waals surface area contributed by atoms with Gasteiger partial charge in [0.05, 0.1) is 37.9 Å². The number of carbonyl (C=O) groups is 1. The molecule has 3 heterocycles. The van der Waals surface area contributed by atoms with Gasteiger partial charge in [-0.2, -0.15) is 0 Å². The Hall–Kier alpha value is -0.970. The minimum Gasteiger partial charge on any atom is -0.394 e. The fourth-order valence-corrected chi connectivity index (χ4v) is 7.40. The number of aliphatic hydroxyl groups is 8. The van der Waals surface area contributed by atoms with E-state index in [0.29, 0.717) is 6.42 Å². The molecule has 312 valence electrons. The molecule has 0 bridgehead atoms. The van der Waals surface area contributed by atoms with E-state index in [0.717, 1.165) is 25.7 Å². The highest BCUT2D eigenvalue weighted by molar-refractivity contribution is 5.88. The molecule has 0 radical (unpaired) electrons. The van der Waals surface area contributed by atoms with Crippen LogP contribution >= 0.6 is 0 Å². The Morgan fingerprint density at radius 2 is 1.04 bits per heavy atom. The summed E-state index contributed by atoms with van der Waals surface area (Å²) in [6, 6.07) is -4.19. The number of ketones is 1. The Kier molecular flexibility index (Phi) is 20.4. The Morgan fingerprint density at radius 3 is 1.53 bits per heavy atom. The molecule has 3 aliphatic rings. The summed E-state index contributed by atoms with van der Waals surface area (Å²) in [5, 5.41) is 83.8. The second-order valence-electron chi connectivity index (χ2n) is 15.0. The van der Waals surface area contributed by atoms with Crippen LogP contribution < -0.4 is 17.2 Å². The maximum atomic E-state index is 13.5. The predicted octanol–water partition coefficient (Wildman–Crippen LogP) is -1.47. The molecule has 14 N–H and O–H groups in total. The summed E-state index contributed by atoms with van der Waals surface area (Å²) in [6.07, 6.45) is 0.0268. The van der Waals surface area contributed by atoms with Crippen LogP contribution in [0.4, 0.5) is 0 Å². The van der Waals surface area contributed by atoms with Gasteiger partial charge < -0.3 is 81.7 Å². The number of hydrogen-bond donors (Lipinski definition) is 11. The molecule has 0 aromatic rings. The minimum atomic E-state index is -2.28. The van der Waals surface area contributed by atoms with Crippen molar-refractivity contribution in [2.45, 2.75) is 201 Å². The van der Waals surface area contributed by atoms with Crippen LogP contribution in [0.15, 0.2) is 0 Å². The van der Waals surface area contributed by atoms with E-state index in [1.54, 1.807) is 0 Å². The molecule has 0 saturated carbocycles. The van der Waals surface area contributed by atoms with E-state index in [9.17, 15) is 45.6 Å². The van der Waals surface area contributed by atoms with Gasteiger partial charge in [-0.05, 0) is 6.42 Å². The van der Waals surface area contributed by atoms with Crippen molar-refractivity contribution in [2.75, 3.05) is 19.8 Å². The summed E-state index contributed by atoms with van der Waals surface area (Å²) in [5.41, 5.74) is 15.9. The number of ether oxygens (including phenoxy) is 5. The molecule has 0 amide bonds. The number of carbonyl (C=O) groups excluding carboxylic acids is 1. The van der Waals surface area contributed by atoms with E-state index < -0.39 is 117 Å². The van der Waals surface area contributed by atoms with Crippen LogP contribution in [-0.2, 0) is 28.5 Å². The van der Waals surface area contributed by atoms with Crippen molar-refractivity contribution < 1.29 is 69.3 Å². The molecule has 17 nitrogen and oxygen atoms in total. The van der Waals surface area contributed by atoms with Crippen LogP contribution in [0.3, 0.4) is 0 Å². The van der Waals surface area contributed by atoms with E-state index in [-0.39, 0.29) is 6.42 Å². The van der Waals surface area contributed by atoms with Crippen molar-refractivity contribution in [1.82, 2.24) is 0 Å². The van der Waals surface area contributed by atoms with Crippen molar-refractivity contribution in [3.8, 4) is 0 Å². The standard InChI is InChI=1S/C36H69N3O14/c1-2-3-4-5-6-7-8-9-10-11-12-13-14-15-16-17-23(43)36(20-42)32(47)29(46)26(39)35(53-36)52-31-22(19-41)50-34(25(38)28(31)45)51-30-21(18-40)49-33(48)24(37)27(30)44/h21-22,24-35,40-42,44-48H,2-20,37-39H2,1H3/t21-,22-,24-,25-,26-,27-,28-,29-,30?,31?,32+,33-,34+,35+,36+/m1/s1. The van der Waals surface area contributed by atoms with Gasteiger partial charge in [0, 0.05) is 6.42 Å². The smallest absolute Gasteiger partial charge is 0.180 e. The quantitative estimate of drug-likeness (QED) is 0.0500. The van der Waals surface area contributed by atoms with Crippen LogP contribution in [0.5, 0.6) is 0 Å². The van der Waals surface area contributed by atoms with Gasteiger partial charge in [0.15, 0.2) is 30.3 Å². The molecule has 0 aromatic heterocycles. The van der Waals surface area contributed by atoms with Crippen molar-refractivity contribution in [1.29, 1.82) is 0 Å². The van der Waals surface area contributed by atoms with Gasteiger partial charge in [-0.25, -0.2) is 0 Å². The molecule has 2 unspecified atom stereocenters. The zero-order valence-corrected chi connectivity index (χ0v) is 31.3. The first-order chi connectivity index (χ1) is 25.4. The van der Waals surface area contributed by atoms with Crippen molar-refractivity contribution in [3.05, 3.63) is 0 Å². The van der Waals surface area contributed by atoms with E-state index in [2.05, 4.69) is 6.92 Å². The number of aliphatic hydroxyl groups excluding tert-OH is 8. The molecule has 17 heteroatoms. The average Bonchev–Trinajstić information content (AvgIpc) is 3.15. The molecule has 0 aliphatic carbocycles. The summed E-state index contributed by atoms with van der Waals surface area (Å²) in [6.45, 7) is -0.212. The third-order valence-electron chi connectivity index (χ3n) is 11.0. The first kappa shape index (κ1) is 46.4. The van der Waals surface area contributed by atoms with Crippen LogP contribution in [0, 0.1) is 0 Å². The third-order valence-corrected chi connectivity index (χ3v) is 11.0. The van der Waals surface area contributed by atoms with Gasteiger partial charge in [-0.15, -0.1) is 0 Å². The summed E-state index contributed by atoms with van der Waals surface area (Å²) < 4.78 is 28.5. The van der Waals surface area contributed by atoms with Gasteiger partial charge in [-0.1, -0.05) is 96.8 Å². The van der Waals surface area contributed by atoms with E-state index in [1.165, 1.54) is 64.2 Å². The van der Waals surface area contributed by atoms with Gasteiger partial charge in [0.25, 0.3) is 0 Å². The summed E-state index contributed by atoms with van der Waals surface area (Å²) in [4.78, 5) is 13.5. The monoisotopic (exact) mass is 767 g/mol. The predicted molar refractivity (Wildman–Crippen MR) is 191 cm³/mol. The van der Waals surface area contributed by atoms with E-state index in [4.69, 9.17) is 40.9 Å². The second kappa shape index (κ2) is 23.3. The highest BCUT2D eigenvalue weighted by Crippen LogP contribution is 2.35. The molecule has 3 aliphatic heterocycles. The lowest BCUT2D eigenvalue weighted by Gasteiger charge is -2.50. The fourth-order valence-electron chi connectivity index (χ4n) is 7.40. The Morgan fingerprint density at radius 1 is 0.604 bits per heavy atom. The fraction of sp³-hybridized carbons (Fsp3) is 0.972. The van der Waals surface area contributed by atoms with Gasteiger partial charge in [0.1, 0.15) is 48.8 Å². The van der Waals surface area contributed by atoms with Crippen LogP contribution in [0.2, 0.25) is 0 Å². The SMILES string of the molecule is CCCCCCCCCCCCCCCCCC(=O)[C@]1(CO)O[C@H](OC2[C@@H](CO)O[C@@H](OC3[C@@H](CO)O[C@@H](O)[C@H](N)[C@H]3O)[C@H](N)[C@H]2O)[C@H](N)[C@@H](O)[C@@H]1O. The summed E-state index contributed by atoms with van der Waals surface area (Å²) >= 11 is 0. The Balaban J connectivity index is 1.51. The molecule has 3 rings (SSSR count). The maximum absolute atomic E-state index is 13.5. The molecular weight excluding hydrogens is 698 g/mol. The lowest BCUT2D eigenvalue weighted by Crippen LogP contribution is -2.73. The highest BCUT2D eigenvalue weighted by Gasteiger charge is 2.58. The molecule has 0 spiro atoms. The molecule has 53 heavy (non-hydrogen) atoms. The number of Topliss-reactive ketones (excluding diaryl/α,β-unsaturated/α-hetero) is 1. The molecule has 3 fully saturated rings. The number of nitrogens with two attached hydrogens (primary N) is 3. The molecular formula is C36H69N3O14. The Labute approximate surface area is 313 Å². The largest absolute Gasteiger partial charge is 0.394 e. The second-order valence-corrected chi connectivity index (χ2v) is 15.0. The minimum absolute atomic E-state index is 0.0465. The first-order valence-corrected chi connectivity index (χ1v) is 19.7. The number of unbranched alkanes of at least 4 members (excludes halogenated alkanes) is 14. The highest BCUT2D eigenvalue weighted by atomic mass is 16.7. The number of hydrogen-bond acceptors (Lipinski definition) is 17. The zero-order valence-electron chi connectivity index (χ0n) is 31.3. The Bertz CT molecular complexity index is 1030. The zero-order chi connectivity index (χ0) is 39.1. The van der Waals surface area contributed by atoms with Crippen molar-refractivity contribution in [2.24, 2.45) is 17.2 Å². The summed E-state index contributed by atoms with van der Waals surface area (Å²) in [7, 11) is 0. The van der Waals surface area contributed by atoms with Crippen LogP contribution in [0.1, 0.15) is 110 Å². The normalized spacial score (nSPS) is 39.3. The lowest BCUT2D eigenvalue weighted by atomic mass is 9.81. The van der Waals surface area contributed by atoms with Crippen LogP contribution in [-0.4, -0.2) is 158 Å². The summed E-state index contributed by atoms with van der Waals surface area (Å²) in [5.74, 6) is -0.652. The van der Waals surface area contributed by atoms with Gasteiger partial charge in [0.2, 0.25) is 0 Å². The average molecular weight is 768 g/mol. The van der Waals surface area contributed by atoms with Crippen molar-refractivity contribution in [3.63, 3.8) is 0 Å². The van der Waals surface area contributed by atoms with E-state index >= 15 is 0 Å². The lowest BCUT2D eigenvalue weighted by molar-refractivity contribution is -0.355. The number of rotatable bonds is 24. The van der Waals surface area contributed by atoms with Crippen molar-refractivity contribution >= 4 is 5.78 Å². The third kappa shape index (κ3) is 12.3. The van der Waals surface area contributed by atoms with E-state index in [1.807, 2.05) is 0 Å². The van der Waals surface area contributed by atoms with Gasteiger partial charge >= 0.3 is 0 Å². The molecule has 3 saturated heterocycles. The first-order valence-electron chi connectivity index (χ1n) is 19.7. The molecule has 0 aromatic carbocycles. The van der Waals surface area contributed by atoms with Crippen LogP contribution in [0.25, 0.3) is 0 Å².